The minimum absolute atomic E-state index is 0.0184. The zero-order valence-corrected chi connectivity index (χ0v) is 11.7. The average Bonchev–Trinajstić information content (AvgIpc) is 2.86. The molecule has 0 radical (unpaired) electrons. The number of hydrogen-bond donors (Lipinski definition) is 1. The van der Waals surface area contributed by atoms with Crippen molar-refractivity contribution in [1.29, 1.82) is 0 Å². The Hall–Kier alpha value is -1.06. The molecule has 1 fully saturated rings. The van der Waals surface area contributed by atoms with E-state index in [1.54, 1.807) is 0 Å². The van der Waals surface area contributed by atoms with Crippen LogP contribution in [0.1, 0.15) is 52.9 Å². The van der Waals surface area contributed by atoms with Crippen molar-refractivity contribution in [2.45, 2.75) is 58.9 Å². The van der Waals surface area contributed by atoms with Crippen LogP contribution >= 0.6 is 0 Å². The van der Waals surface area contributed by atoms with Crippen LogP contribution in [0.15, 0.2) is 0 Å². The number of ether oxygens (including phenoxy) is 1. The molecule has 1 unspecified atom stereocenters. The van der Waals surface area contributed by atoms with E-state index in [0.717, 1.165) is 32.1 Å². The number of esters is 1. The molecule has 0 bridgehead atoms. The van der Waals surface area contributed by atoms with Crippen LogP contribution in [-0.4, -0.2) is 24.5 Å². The van der Waals surface area contributed by atoms with Gasteiger partial charge in [-0.3, -0.25) is 9.59 Å². The van der Waals surface area contributed by atoms with Crippen LogP contribution in [0.5, 0.6) is 0 Å². The Bertz CT molecular complexity index is 283. The summed E-state index contributed by atoms with van der Waals surface area (Å²) in [6.07, 6.45) is 4.89. The van der Waals surface area contributed by atoms with Gasteiger partial charge in [0, 0.05) is 6.04 Å². The maximum Gasteiger partial charge on any atom is 0.309 e. The minimum Gasteiger partial charge on any atom is -0.455 e. The number of nitrogens with one attached hydrogen (secondary N) is 1. The van der Waals surface area contributed by atoms with Gasteiger partial charge in [-0.25, -0.2) is 0 Å². The number of carbonyl (C=O) groups is 2. The van der Waals surface area contributed by atoms with Gasteiger partial charge in [0.15, 0.2) is 6.61 Å². The minimum atomic E-state index is -0.208. The fourth-order valence-electron chi connectivity index (χ4n) is 2.40. The van der Waals surface area contributed by atoms with Gasteiger partial charge in [-0.1, -0.05) is 33.6 Å². The first-order valence-electron chi connectivity index (χ1n) is 7.00. The molecule has 0 saturated heterocycles. The van der Waals surface area contributed by atoms with Crippen molar-refractivity contribution < 1.29 is 14.3 Å². The molecule has 1 aliphatic rings. The quantitative estimate of drug-likeness (QED) is 0.741. The first-order chi connectivity index (χ1) is 8.54. The van der Waals surface area contributed by atoms with E-state index in [1.807, 2.05) is 6.92 Å². The van der Waals surface area contributed by atoms with Crippen LogP contribution in [0.4, 0.5) is 0 Å². The van der Waals surface area contributed by atoms with Gasteiger partial charge < -0.3 is 10.1 Å². The second-order valence-electron chi connectivity index (χ2n) is 5.42. The molecule has 0 aromatic heterocycles. The van der Waals surface area contributed by atoms with Crippen LogP contribution in [0.25, 0.3) is 0 Å². The van der Waals surface area contributed by atoms with E-state index in [2.05, 4.69) is 19.2 Å². The highest BCUT2D eigenvalue weighted by Gasteiger charge is 2.24. The van der Waals surface area contributed by atoms with Crippen LogP contribution < -0.4 is 5.32 Å². The van der Waals surface area contributed by atoms with Gasteiger partial charge in [-0.15, -0.1) is 0 Å². The van der Waals surface area contributed by atoms with Crippen molar-refractivity contribution in [3.8, 4) is 0 Å². The van der Waals surface area contributed by atoms with E-state index in [4.69, 9.17) is 4.74 Å². The van der Waals surface area contributed by atoms with Gasteiger partial charge in [0.1, 0.15) is 0 Å². The number of rotatable bonds is 6. The zero-order valence-electron chi connectivity index (χ0n) is 11.7. The first-order valence-corrected chi connectivity index (χ1v) is 7.00. The van der Waals surface area contributed by atoms with Gasteiger partial charge in [0.2, 0.25) is 0 Å². The summed E-state index contributed by atoms with van der Waals surface area (Å²) in [6.45, 7) is 6.03. The summed E-state index contributed by atoms with van der Waals surface area (Å²) >= 11 is 0. The molecule has 1 saturated carbocycles. The Morgan fingerprint density at radius 1 is 1.28 bits per heavy atom. The van der Waals surface area contributed by atoms with Crippen LogP contribution in [0, 0.1) is 11.8 Å². The molecule has 1 N–H and O–H groups in total. The molecule has 1 rings (SSSR count). The number of carbonyl (C=O) groups excluding carboxylic acids is 2. The van der Waals surface area contributed by atoms with Crippen molar-refractivity contribution in [3.63, 3.8) is 0 Å². The Morgan fingerprint density at radius 3 is 2.39 bits per heavy atom. The fraction of sp³-hybridized carbons (Fsp3) is 0.857. The van der Waals surface area contributed by atoms with Crippen molar-refractivity contribution in [1.82, 2.24) is 5.32 Å². The smallest absolute Gasteiger partial charge is 0.309 e. The van der Waals surface area contributed by atoms with Gasteiger partial charge in [-0.2, -0.15) is 0 Å². The van der Waals surface area contributed by atoms with E-state index in [9.17, 15) is 9.59 Å². The van der Waals surface area contributed by atoms with E-state index in [-0.39, 0.29) is 30.4 Å². The number of hydrogen-bond acceptors (Lipinski definition) is 3. The molecule has 0 aromatic carbocycles. The SMILES string of the molecule is CCC(NC(=O)COC(=O)C1CCCC1)C(C)C. The average molecular weight is 255 g/mol. The molecule has 4 nitrogen and oxygen atoms in total. The maximum atomic E-state index is 11.6. The van der Waals surface area contributed by atoms with Crippen molar-refractivity contribution >= 4 is 11.9 Å². The van der Waals surface area contributed by atoms with E-state index in [0.29, 0.717) is 5.92 Å². The zero-order chi connectivity index (χ0) is 13.5. The van der Waals surface area contributed by atoms with E-state index < -0.39 is 0 Å². The third kappa shape index (κ3) is 4.67. The van der Waals surface area contributed by atoms with Crippen molar-refractivity contribution in [2.75, 3.05) is 6.61 Å². The van der Waals surface area contributed by atoms with E-state index >= 15 is 0 Å². The molecular weight excluding hydrogens is 230 g/mol. The lowest BCUT2D eigenvalue weighted by molar-refractivity contribution is -0.152. The molecule has 0 aromatic rings. The summed E-state index contributed by atoms with van der Waals surface area (Å²) < 4.78 is 5.06. The molecule has 0 aliphatic heterocycles. The first kappa shape index (κ1) is 15.0. The second kappa shape index (κ2) is 7.39. The fourth-order valence-corrected chi connectivity index (χ4v) is 2.40. The van der Waals surface area contributed by atoms with Crippen LogP contribution in [0.3, 0.4) is 0 Å². The Morgan fingerprint density at radius 2 is 1.89 bits per heavy atom. The molecule has 104 valence electrons. The number of amides is 1. The highest BCUT2D eigenvalue weighted by molar-refractivity contribution is 5.81. The predicted octanol–water partition coefficient (Wildman–Crippen LogP) is 2.27. The second-order valence-corrected chi connectivity index (χ2v) is 5.42. The highest BCUT2D eigenvalue weighted by Crippen LogP contribution is 2.25. The van der Waals surface area contributed by atoms with Crippen molar-refractivity contribution in [3.05, 3.63) is 0 Å². The van der Waals surface area contributed by atoms with Crippen molar-refractivity contribution in [2.24, 2.45) is 11.8 Å². The summed E-state index contributed by atoms with van der Waals surface area (Å²) in [5.74, 6) is 0.0106. The van der Waals surface area contributed by atoms with Gasteiger partial charge in [-0.05, 0) is 25.2 Å². The third-order valence-corrected chi connectivity index (χ3v) is 3.62. The molecule has 18 heavy (non-hydrogen) atoms. The maximum absolute atomic E-state index is 11.6. The molecular formula is C14H25NO3. The Labute approximate surface area is 109 Å². The standard InChI is InChI=1S/C14H25NO3/c1-4-12(10(2)3)15-13(16)9-18-14(17)11-7-5-6-8-11/h10-12H,4-9H2,1-3H3,(H,15,16). The molecule has 1 amide bonds. The molecule has 1 atom stereocenters. The molecule has 0 spiro atoms. The third-order valence-electron chi connectivity index (χ3n) is 3.62. The summed E-state index contributed by atoms with van der Waals surface area (Å²) in [4.78, 5) is 23.3. The lowest BCUT2D eigenvalue weighted by Crippen LogP contribution is -2.40. The Balaban J connectivity index is 2.25. The molecule has 0 heterocycles. The lowest BCUT2D eigenvalue weighted by Gasteiger charge is -2.20. The van der Waals surface area contributed by atoms with Gasteiger partial charge >= 0.3 is 5.97 Å². The topological polar surface area (TPSA) is 55.4 Å². The predicted molar refractivity (Wildman–Crippen MR) is 70.0 cm³/mol. The normalized spacial score (nSPS) is 17.8. The Kier molecular flexibility index (Phi) is 6.16. The van der Waals surface area contributed by atoms with Gasteiger partial charge in [0.05, 0.1) is 5.92 Å². The summed E-state index contributed by atoms with van der Waals surface area (Å²) in [7, 11) is 0. The largest absolute Gasteiger partial charge is 0.455 e. The van der Waals surface area contributed by atoms with Gasteiger partial charge in [0.25, 0.3) is 5.91 Å². The molecule has 1 aliphatic carbocycles. The van der Waals surface area contributed by atoms with Crippen LogP contribution in [0.2, 0.25) is 0 Å². The summed E-state index contributed by atoms with van der Waals surface area (Å²) in [5.41, 5.74) is 0. The summed E-state index contributed by atoms with van der Waals surface area (Å²) in [6, 6.07) is 0.155. The monoisotopic (exact) mass is 255 g/mol. The highest BCUT2D eigenvalue weighted by atomic mass is 16.5. The van der Waals surface area contributed by atoms with E-state index in [1.165, 1.54) is 0 Å². The van der Waals surface area contributed by atoms with Crippen LogP contribution in [-0.2, 0) is 14.3 Å². The summed E-state index contributed by atoms with van der Waals surface area (Å²) in [5, 5.41) is 2.90. The lowest BCUT2D eigenvalue weighted by atomic mass is 10.0. The molecule has 4 heteroatoms.